The van der Waals surface area contributed by atoms with Gasteiger partial charge in [-0.2, -0.15) is 0 Å². The smallest absolute Gasteiger partial charge is 0.217 e. The van der Waals surface area contributed by atoms with Gasteiger partial charge in [0.1, 0.15) is 0 Å². The summed E-state index contributed by atoms with van der Waals surface area (Å²) in [4.78, 5) is 33.4. The standard InChI is InChI=1S/C15H29N3O3/c1-9(10(2)16-8-19)15(6,7)14(18-13(5)21)11(3)17-12(4)20/h8-11,14H,1-7H3,(H,16,19)(H,17,20)(H,18,21). The fourth-order valence-corrected chi connectivity index (χ4v) is 2.76. The summed E-state index contributed by atoms with van der Waals surface area (Å²) in [5.41, 5.74) is -0.330. The number of amides is 3. The van der Waals surface area contributed by atoms with Crippen molar-refractivity contribution in [2.75, 3.05) is 0 Å². The van der Waals surface area contributed by atoms with Gasteiger partial charge in [0.15, 0.2) is 0 Å². The zero-order valence-electron chi connectivity index (χ0n) is 14.1. The highest BCUT2D eigenvalue weighted by Crippen LogP contribution is 2.34. The zero-order valence-corrected chi connectivity index (χ0v) is 14.1. The summed E-state index contributed by atoms with van der Waals surface area (Å²) >= 11 is 0. The maximum atomic E-state index is 11.5. The molecule has 0 aromatic carbocycles. The Balaban J connectivity index is 5.30. The van der Waals surface area contributed by atoms with Crippen molar-refractivity contribution in [3.05, 3.63) is 0 Å². The van der Waals surface area contributed by atoms with Gasteiger partial charge in [0.2, 0.25) is 18.2 Å². The molecule has 0 aliphatic rings. The van der Waals surface area contributed by atoms with Crippen molar-refractivity contribution in [1.29, 1.82) is 0 Å². The molecule has 0 aliphatic carbocycles. The molecule has 0 saturated carbocycles. The first-order valence-corrected chi connectivity index (χ1v) is 7.27. The fourth-order valence-electron chi connectivity index (χ4n) is 2.76. The quantitative estimate of drug-likeness (QED) is 0.580. The van der Waals surface area contributed by atoms with Crippen LogP contribution >= 0.6 is 0 Å². The molecule has 6 heteroatoms. The molecule has 3 N–H and O–H groups in total. The van der Waals surface area contributed by atoms with Gasteiger partial charge in [0, 0.05) is 25.9 Å². The first-order valence-electron chi connectivity index (χ1n) is 7.27. The molecule has 0 rings (SSSR count). The van der Waals surface area contributed by atoms with Crippen molar-refractivity contribution in [3.8, 4) is 0 Å². The molecule has 0 spiro atoms. The van der Waals surface area contributed by atoms with E-state index in [0.717, 1.165) is 0 Å². The first-order chi connectivity index (χ1) is 9.53. The number of rotatable bonds is 8. The summed E-state index contributed by atoms with van der Waals surface area (Å²) in [6, 6.07) is -0.504. The number of hydrogen-bond acceptors (Lipinski definition) is 3. The average Bonchev–Trinajstić information content (AvgIpc) is 2.33. The summed E-state index contributed by atoms with van der Waals surface area (Å²) in [7, 11) is 0. The van der Waals surface area contributed by atoms with Crippen molar-refractivity contribution < 1.29 is 14.4 Å². The highest BCUT2D eigenvalue weighted by Gasteiger charge is 2.40. The van der Waals surface area contributed by atoms with E-state index in [4.69, 9.17) is 0 Å². The summed E-state index contributed by atoms with van der Waals surface area (Å²) in [5.74, 6) is -0.190. The second-order valence-electron chi connectivity index (χ2n) is 6.35. The lowest BCUT2D eigenvalue weighted by molar-refractivity contribution is -0.123. The van der Waals surface area contributed by atoms with E-state index in [1.165, 1.54) is 13.8 Å². The maximum Gasteiger partial charge on any atom is 0.217 e. The zero-order chi connectivity index (χ0) is 16.8. The third kappa shape index (κ3) is 5.73. The molecule has 0 heterocycles. The summed E-state index contributed by atoms with van der Waals surface area (Å²) in [6.07, 6.45) is 0.682. The molecule has 122 valence electrons. The van der Waals surface area contributed by atoms with Gasteiger partial charge in [-0.3, -0.25) is 14.4 Å². The van der Waals surface area contributed by atoms with Crippen molar-refractivity contribution in [3.63, 3.8) is 0 Å². The molecule has 0 fully saturated rings. The Morgan fingerprint density at radius 2 is 1.43 bits per heavy atom. The monoisotopic (exact) mass is 299 g/mol. The Kier molecular flexibility index (Phi) is 7.39. The lowest BCUT2D eigenvalue weighted by Gasteiger charge is -2.44. The summed E-state index contributed by atoms with van der Waals surface area (Å²) in [5, 5.41) is 8.53. The van der Waals surface area contributed by atoms with Crippen LogP contribution in [0.1, 0.15) is 48.5 Å². The SMILES string of the molecule is CC(=O)NC(C)C(NC(C)=O)C(C)(C)C(C)C(C)NC=O. The number of nitrogens with one attached hydrogen (secondary N) is 3. The van der Waals surface area contributed by atoms with Crippen LogP contribution in [0.2, 0.25) is 0 Å². The van der Waals surface area contributed by atoms with Gasteiger partial charge in [0.25, 0.3) is 0 Å². The maximum absolute atomic E-state index is 11.5. The number of carbonyl (C=O) groups is 3. The Morgan fingerprint density at radius 1 is 0.952 bits per heavy atom. The molecule has 4 atom stereocenters. The van der Waals surface area contributed by atoms with E-state index in [-0.39, 0.29) is 41.3 Å². The minimum absolute atomic E-state index is 0.0433. The topological polar surface area (TPSA) is 87.3 Å². The van der Waals surface area contributed by atoms with Crippen LogP contribution in [0.3, 0.4) is 0 Å². The van der Waals surface area contributed by atoms with E-state index in [2.05, 4.69) is 16.0 Å². The van der Waals surface area contributed by atoms with Gasteiger partial charge < -0.3 is 16.0 Å². The molecule has 21 heavy (non-hydrogen) atoms. The summed E-state index contributed by atoms with van der Waals surface area (Å²) in [6.45, 7) is 12.8. The van der Waals surface area contributed by atoms with E-state index < -0.39 is 0 Å². The third-order valence-corrected chi connectivity index (χ3v) is 4.35. The number of hydrogen-bond donors (Lipinski definition) is 3. The normalized spacial score (nSPS) is 17.1. The van der Waals surface area contributed by atoms with Crippen molar-refractivity contribution in [2.45, 2.75) is 66.6 Å². The van der Waals surface area contributed by atoms with Gasteiger partial charge in [-0.05, 0) is 25.2 Å². The van der Waals surface area contributed by atoms with Gasteiger partial charge in [-0.15, -0.1) is 0 Å². The van der Waals surface area contributed by atoms with E-state index >= 15 is 0 Å². The van der Waals surface area contributed by atoms with E-state index in [0.29, 0.717) is 6.41 Å². The molecule has 0 aromatic rings. The lowest BCUT2D eigenvalue weighted by atomic mass is 9.69. The van der Waals surface area contributed by atoms with Gasteiger partial charge in [-0.25, -0.2) is 0 Å². The molecule has 0 saturated heterocycles. The number of carbonyl (C=O) groups excluding carboxylic acids is 3. The predicted octanol–water partition coefficient (Wildman–Crippen LogP) is 0.812. The Bertz CT molecular complexity index is 382. The largest absolute Gasteiger partial charge is 0.356 e. The van der Waals surface area contributed by atoms with Crippen LogP contribution in [0.5, 0.6) is 0 Å². The fraction of sp³-hybridized carbons (Fsp3) is 0.800. The molecule has 0 aliphatic heterocycles. The van der Waals surface area contributed by atoms with E-state index in [1.54, 1.807) is 0 Å². The molecular weight excluding hydrogens is 270 g/mol. The van der Waals surface area contributed by atoms with Crippen LogP contribution in [0.4, 0.5) is 0 Å². The van der Waals surface area contributed by atoms with Crippen LogP contribution in [0.25, 0.3) is 0 Å². The van der Waals surface area contributed by atoms with Crippen LogP contribution in [0.15, 0.2) is 0 Å². The van der Waals surface area contributed by atoms with Gasteiger partial charge >= 0.3 is 0 Å². The van der Waals surface area contributed by atoms with E-state index in [1.807, 2.05) is 34.6 Å². The second kappa shape index (κ2) is 8.00. The van der Waals surface area contributed by atoms with Crippen LogP contribution in [-0.2, 0) is 14.4 Å². The predicted molar refractivity (Wildman–Crippen MR) is 82.5 cm³/mol. The van der Waals surface area contributed by atoms with E-state index in [9.17, 15) is 14.4 Å². The van der Waals surface area contributed by atoms with Crippen molar-refractivity contribution in [2.24, 2.45) is 11.3 Å². The lowest BCUT2D eigenvalue weighted by Crippen LogP contribution is -2.60. The minimum Gasteiger partial charge on any atom is -0.356 e. The first kappa shape index (κ1) is 19.4. The molecule has 0 radical (unpaired) electrons. The molecule has 0 bridgehead atoms. The Morgan fingerprint density at radius 3 is 1.81 bits per heavy atom. The molecule has 6 nitrogen and oxygen atoms in total. The second-order valence-corrected chi connectivity index (χ2v) is 6.35. The van der Waals surface area contributed by atoms with Crippen LogP contribution in [0, 0.1) is 11.3 Å². The summed E-state index contributed by atoms with van der Waals surface area (Å²) < 4.78 is 0. The Hall–Kier alpha value is -1.59. The van der Waals surface area contributed by atoms with Gasteiger partial charge in [-0.1, -0.05) is 20.8 Å². The molecular formula is C15H29N3O3. The minimum atomic E-state index is -0.330. The van der Waals surface area contributed by atoms with Crippen LogP contribution in [-0.4, -0.2) is 36.3 Å². The van der Waals surface area contributed by atoms with Gasteiger partial charge in [0.05, 0.1) is 6.04 Å². The van der Waals surface area contributed by atoms with Crippen molar-refractivity contribution in [1.82, 2.24) is 16.0 Å². The molecule has 0 aromatic heterocycles. The highest BCUT2D eigenvalue weighted by atomic mass is 16.2. The molecule has 3 amide bonds. The Labute approximate surface area is 127 Å². The van der Waals surface area contributed by atoms with Crippen molar-refractivity contribution >= 4 is 18.2 Å². The average molecular weight is 299 g/mol. The molecule has 4 unspecified atom stereocenters. The third-order valence-electron chi connectivity index (χ3n) is 4.35. The van der Waals surface area contributed by atoms with Crippen LogP contribution < -0.4 is 16.0 Å². The highest BCUT2D eigenvalue weighted by molar-refractivity contribution is 5.75.